The SMILES string of the molecule is CC#CS(=O)c1cccc(C(C)C)c1. The van der Waals surface area contributed by atoms with Gasteiger partial charge in [0, 0.05) is 5.25 Å². The zero-order valence-electron chi connectivity index (χ0n) is 8.70. The molecule has 0 aromatic heterocycles. The van der Waals surface area contributed by atoms with Gasteiger partial charge in [-0.15, -0.1) is 0 Å². The molecule has 0 aliphatic heterocycles. The van der Waals surface area contributed by atoms with Crippen LogP contribution in [0.3, 0.4) is 0 Å². The maximum absolute atomic E-state index is 11.6. The smallest absolute Gasteiger partial charge is 0.130 e. The van der Waals surface area contributed by atoms with Crippen LogP contribution in [0.25, 0.3) is 0 Å². The summed E-state index contributed by atoms with van der Waals surface area (Å²) in [6.07, 6.45) is 0. The Morgan fingerprint density at radius 3 is 2.64 bits per heavy atom. The van der Waals surface area contributed by atoms with Gasteiger partial charge >= 0.3 is 0 Å². The van der Waals surface area contributed by atoms with Crippen molar-refractivity contribution in [1.82, 2.24) is 0 Å². The summed E-state index contributed by atoms with van der Waals surface area (Å²) in [6, 6.07) is 7.79. The Balaban J connectivity index is 3.03. The van der Waals surface area contributed by atoms with Crippen LogP contribution in [0.2, 0.25) is 0 Å². The van der Waals surface area contributed by atoms with E-state index in [1.54, 1.807) is 6.92 Å². The average molecular weight is 206 g/mol. The van der Waals surface area contributed by atoms with Crippen LogP contribution in [-0.4, -0.2) is 4.21 Å². The molecular formula is C12H14OS. The van der Waals surface area contributed by atoms with Crippen LogP contribution in [0.1, 0.15) is 32.3 Å². The van der Waals surface area contributed by atoms with Crippen molar-refractivity contribution in [2.75, 3.05) is 0 Å². The van der Waals surface area contributed by atoms with Crippen LogP contribution in [0.4, 0.5) is 0 Å². The van der Waals surface area contributed by atoms with Crippen LogP contribution < -0.4 is 0 Å². The standard InChI is InChI=1S/C12H14OS/c1-4-8-14(13)12-7-5-6-11(9-12)10(2)3/h5-7,9-10H,1-3H3. The zero-order valence-corrected chi connectivity index (χ0v) is 9.52. The third kappa shape index (κ3) is 2.71. The van der Waals surface area contributed by atoms with Gasteiger partial charge in [-0.25, -0.2) is 4.21 Å². The first-order chi connectivity index (χ1) is 6.65. The molecule has 1 atom stereocenters. The Bertz CT molecular complexity index is 396. The first-order valence-electron chi connectivity index (χ1n) is 4.59. The second kappa shape index (κ2) is 4.97. The van der Waals surface area contributed by atoms with Crippen molar-refractivity contribution >= 4 is 10.8 Å². The molecule has 14 heavy (non-hydrogen) atoms. The number of benzene rings is 1. The highest BCUT2D eigenvalue weighted by molar-refractivity contribution is 7.89. The summed E-state index contributed by atoms with van der Waals surface area (Å²) in [5, 5.41) is 2.65. The van der Waals surface area contributed by atoms with Gasteiger partial charge in [-0.1, -0.05) is 31.9 Å². The van der Waals surface area contributed by atoms with E-state index in [4.69, 9.17) is 0 Å². The molecule has 0 aliphatic carbocycles. The first-order valence-corrected chi connectivity index (χ1v) is 5.74. The molecular weight excluding hydrogens is 192 g/mol. The van der Waals surface area contributed by atoms with Gasteiger partial charge in [0.1, 0.15) is 10.8 Å². The molecule has 0 saturated carbocycles. The lowest BCUT2D eigenvalue weighted by Crippen LogP contribution is -1.91. The third-order valence-electron chi connectivity index (χ3n) is 1.93. The molecule has 0 radical (unpaired) electrons. The molecule has 0 heterocycles. The van der Waals surface area contributed by atoms with Crippen LogP contribution in [0.5, 0.6) is 0 Å². The van der Waals surface area contributed by atoms with Crippen molar-refractivity contribution in [2.24, 2.45) is 0 Å². The van der Waals surface area contributed by atoms with Gasteiger partial charge in [0.25, 0.3) is 0 Å². The van der Waals surface area contributed by atoms with Crippen molar-refractivity contribution in [3.05, 3.63) is 29.8 Å². The van der Waals surface area contributed by atoms with Crippen molar-refractivity contribution in [2.45, 2.75) is 31.6 Å². The molecule has 1 rings (SSSR count). The average Bonchev–Trinajstić information content (AvgIpc) is 2.18. The van der Waals surface area contributed by atoms with Crippen LogP contribution in [-0.2, 0) is 10.8 Å². The lowest BCUT2D eigenvalue weighted by molar-refractivity contribution is 0.689. The molecule has 1 aromatic carbocycles. The quantitative estimate of drug-likeness (QED) is 0.680. The van der Waals surface area contributed by atoms with Crippen LogP contribution in [0.15, 0.2) is 29.2 Å². The van der Waals surface area contributed by atoms with E-state index >= 15 is 0 Å². The summed E-state index contributed by atoms with van der Waals surface area (Å²) in [5.41, 5.74) is 1.20. The van der Waals surface area contributed by atoms with Crippen molar-refractivity contribution in [3.8, 4) is 11.2 Å². The van der Waals surface area contributed by atoms with Crippen molar-refractivity contribution < 1.29 is 4.21 Å². The minimum Gasteiger partial charge on any atom is -0.240 e. The molecule has 1 aromatic rings. The zero-order chi connectivity index (χ0) is 10.6. The monoisotopic (exact) mass is 206 g/mol. The Labute approximate surface area is 88.0 Å². The van der Waals surface area contributed by atoms with Gasteiger partial charge in [-0.05, 0) is 30.5 Å². The van der Waals surface area contributed by atoms with E-state index in [-0.39, 0.29) is 0 Å². The van der Waals surface area contributed by atoms with Crippen molar-refractivity contribution in [1.29, 1.82) is 0 Å². The fourth-order valence-corrected chi connectivity index (χ4v) is 1.89. The molecule has 0 saturated heterocycles. The van der Waals surface area contributed by atoms with E-state index in [0.717, 1.165) is 4.90 Å². The maximum atomic E-state index is 11.6. The first kappa shape index (κ1) is 11.0. The van der Waals surface area contributed by atoms with E-state index in [1.165, 1.54) is 5.56 Å². The summed E-state index contributed by atoms with van der Waals surface area (Å²) >= 11 is 0. The number of hydrogen-bond acceptors (Lipinski definition) is 1. The molecule has 74 valence electrons. The van der Waals surface area contributed by atoms with E-state index in [2.05, 4.69) is 25.0 Å². The van der Waals surface area contributed by atoms with E-state index in [9.17, 15) is 4.21 Å². The summed E-state index contributed by atoms with van der Waals surface area (Å²) < 4.78 is 11.6. The lowest BCUT2D eigenvalue weighted by atomic mass is 10.0. The molecule has 0 N–H and O–H groups in total. The topological polar surface area (TPSA) is 17.1 Å². The number of hydrogen-bond donors (Lipinski definition) is 0. The summed E-state index contributed by atoms with van der Waals surface area (Å²) in [4.78, 5) is 0.797. The fourth-order valence-electron chi connectivity index (χ4n) is 1.14. The van der Waals surface area contributed by atoms with Gasteiger partial charge in [-0.2, -0.15) is 0 Å². The van der Waals surface area contributed by atoms with Gasteiger partial charge in [0.15, 0.2) is 0 Å². The molecule has 1 nitrogen and oxygen atoms in total. The van der Waals surface area contributed by atoms with Gasteiger partial charge in [-0.3, -0.25) is 0 Å². The van der Waals surface area contributed by atoms with Crippen molar-refractivity contribution in [3.63, 3.8) is 0 Å². The van der Waals surface area contributed by atoms with E-state index in [1.807, 2.05) is 24.3 Å². The Morgan fingerprint density at radius 1 is 1.36 bits per heavy atom. The maximum Gasteiger partial charge on any atom is 0.130 e. The highest BCUT2D eigenvalue weighted by atomic mass is 32.2. The Kier molecular flexibility index (Phi) is 3.91. The Hall–Kier alpha value is -1.07. The van der Waals surface area contributed by atoms with Gasteiger partial charge in [0.05, 0.1) is 4.90 Å². The minimum atomic E-state index is -1.17. The second-order valence-electron chi connectivity index (χ2n) is 3.35. The third-order valence-corrected chi connectivity index (χ3v) is 3.01. The van der Waals surface area contributed by atoms with Crippen LogP contribution in [0, 0.1) is 11.2 Å². The summed E-state index contributed by atoms with van der Waals surface area (Å²) in [5.74, 6) is 3.12. The fraction of sp³-hybridized carbons (Fsp3) is 0.333. The highest BCUT2D eigenvalue weighted by Gasteiger charge is 2.03. The molecule has 1 unspecified atom stereocenters. The second-order valence-corrected chi connectivity index (χ2v) is 4.56. The normalized spacial score (nSPS) is 12.0. The Morgan fingerprint density at radius 2 is 2.07 bits per heavy atom. The predicted octanol–water partition coefficient (Wildman–Crippen LogP) is 2.90. The number of rotatable bonds is 2. The van der Waals surface area contributed by atoms with Gasteiger partial charge < -0.3 is 0 Å². The summed E-state index contributed by atoms with van der Waals surface area (Å²) in [6.45, 7) is 5.94. The highest BCUT2D eigenvalue weighted by Crippen LogP contribution is 2.17. The van der Waals surface area contributed by atoms with Gasteiger partial charge in [0.2, 0.25) is 0 Å². The molecule has 0 spiro atoms. The van der Waals surface area contributed by atoms with E-state index < -0.39 is 10.8 Å². The molecule has 2 heteroatoms. The molecule has 0 bridgehead atoms. The lowest BCUT2D eigenvalue weighted by Gasteiger charge is -2.05. The van der Waals surface area contributed by atoms with Crippen LogP contribution >= 0.6 is 0 Å². The molecule has 0 amide bonds. The summed E-state index contributed by atoms with van der Waals surface area (Å²) in [7, 11) is -1.17. The minimum absolute atomic E-state index is 0.460. The largest absolute Gasteiger partial charge is 0.240 e. The molecule has 0 fully saturated rings. The predicted molar refractivity (Wildman–Crippen MR) is 60.4 cm³/mol. The van der Waals surface area contributed by atoms with E-state index in [0.29, 0.717) is 5.92 Å². The molecule has 0 aliphatic rings.